The van der Waals surface area contributed by atoms with Crippen LogP contribution in [0.2, 0.25) is 0 Å². The molecule has 2 heterocycles. The van der Waals surface area contributed by atoms with Crippen molar-refractivity contribution in [1.29, 1.82) is 0 Å². The molecule has 0 aliphatic heterocycles. The SMILES string of the molecule is O=C(NCCc1cnc[nH]1)[C@@H](Cc1ccccc1)n1cccc1. The molecule has 5 heteroatoms. The summed E-state index contributed by atoms with van der Waals surface area (Å²) in [5.74, 6) is 0.0320. The maximum absolute atomic E-state index is 12.6. The third-order valence-electron chi connectivity index (χ3n) is 3.81. The molecule has 0 unspecified atom stereocenters. The number of nitrogens with zero attached hydrogens (tertiary/aromatic N) is 2. The van der Waals surface area contributed by atoms with Gasteiger partial charge in [0.2, 0.25) is 5.91 Å². The van der Waals surface area contributed by atoms with Crippen molar-refractivity contribution in [2.75, 3.05) is 6.54 Å². The number of H-pyrrole nitrogens is 1. The number of aromatic amines is 1. The van der Waals surface area contributed by atoms with Crippen LogP contribution in [0.15, 0.2) is 67.4 Å². The van der Waals surface area contributed by atoms with E-state index in [9.17, 15) is 4.79 Å². The second-order valence-electron chi connectivity index (χ2n) is 5.45. The van der Waals surface area contributed by atoms with Crippen LogP contribution in [0.1, 0.15) is 17.3 Å². The Balaban J connectivity index is 1.64. The Kier molecular flexibility index (Phi) is 4.88. The first-order valence-electron chi connectivity index (χ1n) is 7.74. The molecule has 1 amide bonds. The fourth-order valence-electron chi connectivity index (χ4n) is 2.59. The lowest BCUT2D eigenvalue weighted by Crippen LogP contribution is -2.34. The molecule has 3 rings (SSSR count). The molecule has 118 valence electrons. The van der Waals surface area contributed by atoms with E-state index in [2.05, 4.69) is 15.3 Å². The minimum absolute atomic E-state index is 0.0320. The molecule has 1 atom stereocenters. The molecule has 5 nitrogen and oxygen atoms in total. The molecule has 2 aromatic heterocycles. The lowest BCUT2D eigenvalue weighted by molar-refractivity contribution is -0.124. The number of aromatic nitrogens is 3. The molecule has 23 heavy (non-hydrogen) atoms. The van der Waals surface area contributed by atoms with Crippen molar-refractivity contribution in [3.05, 3.63) is 78.6 Å². The second kappa shape index (κ2) is 7.45. The Morgan fingerprint density at radius 1 is 1.17 bits per heavy atom. The molecule has 0 radical (unpaired) electrons. The van der Waals surface area contributed by atoms with Gasteiger partial charge in [-0.05, 0) is 17.7 Å². The van der Waals surface area contributed by atoms with Gasteiger partial charge in [0.25, 0.3) is 0 Å². The average molecular weight is 308 g/mol. The van der Waals surface area contributed by atoms with Crippen LogP contribution in [0.3, 0.4) is 0 Å². The lowest BCUT2D eigenvalue weighted by Gasteiger charge is -2.19. The van der Waals surface area contributed by atoms with Crippen LogP contribution in [0, 0.1) is 0 Å². The molecule has 1 aromatic carbocycles. The van der Waals surface area contributed by atoms with Gasteiger partial charge < -0.3 is 14.9 Å². The molecule has 0 aliphatic carbocycles. The zero-order chi connectivity index (χ0) is 15.9. The summed E-state index contributed by atoms with van der Waals surface area (Å²) < 4.78 is 1.96. The third kappa shape index (κ3) is 4.10. The molecule has 0 aliphatic rings. The van der Waals surface area contributed by atoms with Gasteiger partial charge in [0.1, 0.15) is 6.04 Å². The van der Waals surface area contributed by atoms with E-state index in [1.54, 1.807) is 12.5 Å². The van der Waals surface area contributed by atoms with E-state index in [-0.39, 0.29) is 11.9 Å². The van der Waals surface area contributed by atoms with Gasteiger partial charge in [-0.2, -0.15) is 0 Å². The largest absolute Gasteiger partial charge is 0.354 e. The minimum Gasteiger partial charge on any atom is -0.354 e. The standard InChI is InChI=1S/C18H20N4O/c23-18(20-9-8-16-13-19-14-21-16)17(22-10-4-5-11-22)12-15-6-2-1-3-7-15/h1-7,10-11,13-14,17H,8-9,12H2,(H,19,21)(H,20,23)/t17-/m1/s1. The highest BCUT2D eigenvalue weighted by atomic mass is 16.2. The molecule has 0 fully saturated rings. The monoisotopic (exact) mass is 308 g/mol. The zero-order valence-corrected chi connectivity index (χ0v) is 12.9. The van der Waals surface area contributed by atoms with Gasteiger partial charge in [-0.3, -0.25) is 4.79 Å². The normalized spacial score (nSPS) is 12.0. The fraction of sp³-hybridized carbons (Fsp3) is 0.222. The molecule has 0 saturated heterocycles. The van der Waals surface area contributed by atoms with E-state index in [4.69, 9.17) is 0 Å². The Bertz CT molecular complexity index is 705. The Hall–Kier alpha value is -2.82. The number of carbonyl (C=O) groups excluding carboxylic acids is 1. The van der Waals surface area contributed by atoms with Crippen LogP contribution in [0.4, 0.5) is 0 Å². The van der Waals surface area contributed by atoms with Gasteiger partial charge in [0.05, 0.1) is 6.33 Å². The Morgan fingerprint density at radius 2 is 1.96 bits per heavy atom. The van der Waals surface area contributed by atoms with Crippen LogP contribution in [-0.2, 0) is 17.6 Å². The number of benzene rings is 1. The first-order valence-corrected chi connectivity index (χ1v) is 7.74. The summed E-state index contributed by atoms with van der Waals surface area (Å²) in [4.78, 5) is 19.6. The number of hydrogen-bond acceptors (Lipinski definition) is 2. The van der Waals surface area contributed by atoms with E-state index in [1.165, 1.54) is 0 Å². The minimum atomic E-state index is -0.242. The van der Waals surface area contributed by atoms with Crippen molar-refractivity contribution in [2.45, 2.75) is 18.9 Å². The highest BCUT2D eigenvalue weighted by Gasteiger charge is 2.19. The maximum atomic E-state index is 12.6. The molecule has 3 aromatic rings. The smallest absolute Gasteiger partial charge is 0.243 e. The fourth-order valence-corrected chi connectivity index (χ4v) is 2.59. The topological polar surface area (TPSA) is 62.7 Å². The first-order chi connectivity index (χ1) is 11.3. The molecule has 0 saturated carbocycles. The predicted molar refractivity (Wildman–Crippen MR) is 88.9 cm³/mol. The summed E-state index contributed by atoms with van der Waals surface area (Å²) in [5, 5.41) is 3.02. The molecular formula is C18H20N4O. The molecule has 0 bridgehead atoms. The van der Waals surface area contributed by atoms with E-state index in [1.807, 2.05) is 59.4 Å². The Morgan fingerprint density at radius 3 is 2.65 bits per heavy atom. The molecule has 0 spiro atoms. The lowest BCUT2D eigenvalue weighted by atomic mass is 10.1. The van der Waals surface area contributed by atoms with Crippen LogP contribution in [-0.4, -0.2) is 27.0 Å². The number of nitrogens with one attached hydrogen (secondary N) is 2. The van der Waals surface area contributed by atoms with Crippen molar-refractivity contribution in [3.63, 3.8) is 0 Å². The summed E-state index contributed by atoms with van der Waals surface area (Å²) >= 11 is 0. The quantitative estimate of drug-likeness (QED) is 0.704. The first kappa shape index (κ1) is 15.1. The van der Waals surface area contributed by atoms with Gasteiger partial charge in [-0.25, -0.2) is 4.98 Å². The van der Waals surface area contributed by atoms with E-state index in [0.29, 0.717) is 13.0 Å². The van der Waals surface area contributed by atoms with Crippen LogP contribution in [0.5, 0.6) is 0 Å². The van der Waals surface area contributed by atoms with Crippen LogP contribution < -0.4 is 5.32 Å². The van der Waals surface area contributed by atoms with Crippen molar-refractivity contribution >= 4 is 5.91 Å². The number of hydrogen-bond donors (Lipinski definition) is 2. The van der Waals surface area contributed by atoms with E-state index >= 15 is 0 Å². The average Bonchev–Trinajstić information content (AvgIpc) is 3.27. The highest BCUT2D eigenvalue weighted by molar-refractivity contribution is 5.80. The van der Waals surface area contributed by atoms with Crippen LogP contribution >= 0.6 is 0 Å². The van der Waals surface area contributed by atoms with Gasteiger partial charge in [-0.1, -0.05) is 30.3 Å². The van der Waals surface area contributed by atoms with Crippen molar-refractivity contribution in [3.8, 4) is 0 Å². The van der Waals surface area contributed by atoms with Gasteiger partial charge in [0.15, 0.2) is 0 Å². The predicted octanol–water partition coefficient (Wildman–Crippen LogP) is 2.35. The number of rotatable bonds is 7. The molecule has 2 N–H and O–H groups in total. The van der Waals surface area contributed by atoms with Gasteiger partial charge in [0, 0.05) is 43.7 Å². The Labute approximate surface area is 135 Å². The highest BCUT2D eigenvalue weighted by Crippen LogP contribution is 2.15. The number of amides is 1. The number of carbonyl (C=O) groups is 1. The van der Waals surface area contributed by atoms with E-state index in [0.717, 1.165) is 17.7 Å². The number of imidazole rings is 1. The van der Waals surface area contributed by atoms with Crippen molar-refractivity contribution in [2.24, 2.45) is 0 Å². The summed E-state index contributed by atoms with van der Waals surface area (Å²) in [6.45, 7) is 0.591. The summed E-state index contributed by atoms with van der Waals surface area (Å²) in [5.41, 5.74) is 2.17. The second-order valence-corrected chi connectivity index (χ2v) is 5.45. The summed E-state index contributed by atoms with van der Waals surface area (Å²) in [7, 11) is 0. The van der Waals surface area contributed by atoms with Crippen LogP contribution in [0.25, 0.3) is 0 Å². The summed E-state index contributed by atoms with van der Waals surface area (Å²) in [6, 6.07) is 13.7. The van der Waals surface area contributed by atoms with Crippen molar-refractivity contribution < 1.29 is 4.79 Å². The third-order valence-corrected chi connectivity index (χ3v) is 3.81. The molecular weight excluding hydrogens is 288 g/mol. The zero-order valence-electron chi connectivity index (χ0n) is 12.9. The van der Waals surface area contributed by atoms with Crippen molar-refractivity contribution in [1.82, 2.24) is 19.9 Å². The summed E-state index contributed by atoms with van der Waals surface area (Å²) in [6.07, 6.45) is 8.71. The van der Waals surface area contributed by atoms with Gasteiger partial charge >= 0.3 is 0 Å². The maximum Gasteiger partial charge on any atom is 0.243 e. The van der Waals surface area contributed by atoms with Gasteiger partial charge in [-0.15, -0.1) is 0 Å². The van der Waals surface area contributed by atoms with E-state index < -0.39 is 0 Å².